The van der Waals surface area contributed by atoms with Crippen LogP contribution in [0.2, 0.25) is 0 Å². The molecule has 1 N–H and O–H groups in total. The molecule has 2 aliphatic rings. The Labute approximate surface area is 115 Å². The Morgan fingerprint density at radius 3 is 2.63 bits per heavy atom. The molecule has 0 aliphatic carbocycles. The summed E-state index contributed by atoms with van der Waals surface area (Å²) < 4.78 is 0. The van der Waals surface area contributed by atoms with Crippen LogP contribution in [-0.2, 0) is 13.0 Å². The first-order chi connectivity index (χ1) is 9.28. The molecule has 0 aromatic heterocycles. The van der Waals surface area contributed by atoms with Crippen molar-refractivity contribution in [2.24, 2.45) is 0 Å². The molecule has 1 fully saturated rings. The molecule has 0 amide bonds. The first-order valence-corrected chi connectivity index (χ1v) is 7.40. The van der Waals surface area contributed by atoms with Gasteiger partial charge in [0, 0.05) is 31.7 Å². The van der Waals surface area contributed by atoms with Crippen LogP contribution >= 0.6 is 0 Å². The highest BCUT2D eigenvalue weighted by Crippen LogP contribution is 2.25. The van der Waals surface area contributed by atoms with E-state index in [0.717, 1.165) is 19.5 Å². The Bertz CT molecular complexity index is 435. The number of benzene rings is 1. The van der Waals surface area contributed by atoms with Gasteiger partial charge in [-0.1, -0.05) is 24.3 Å². The van der Waals surface area contributed by atoms with Gasteiger partial charge in [-0.05, 0) is 37.4 Å². The van der Waals surface area contributed by atoms with Crippen LogP contribution in [0.1, 0.15) is 24.0 Å². The molecule has 3 rings (SSSR count). The third kappa shape index (κ3) is 2.69. The highest BCUT2D eigenvalue weighted by atomic mass is 16.3. The number of hydrogen-bond acceptors (Lipinski definition) is 3. The fraction of sp³-hybridized carbons (Fsp3) is 0.625. The number of hydrogen-bond donors (Lipinski definition) is 1. The molecule has 0 saturated carbocycles. The number of nitrogens with zero attached hydrogens (tertiary/aromatic N) is 2. The quantitative estimate of drug-likeness (QED) is 0.892. The molecule has 3 heteroatoms. The van der Waals surface area contributed by atoms with Gasteiger partial charge in [0.15, 0.2) is 0 Å². The normalized spacial score (nSPS) is 28.5. The molecule has 0 bridgehead atoms. The summed E-state index contributed by atoms with van der Waals surface area (Å²) in [7, 11) is 2.16. The average molecular weight is 260 g/mol. The zero-order valence-electron chi connectivity index (χ0n) is 11.8. The first-order valence-electron chi connectivity index (χ1n) is 7.40. The lowest BCUT2D eigenvalue weighted by Gasteiger charge is -2.33. The fourth-order valence-corrected chi connectivity index (χ4v) is 3.54. The number of fused-ring (bicyclic) bond motifs is 1. The average Bonchev–Trinajstić information content (AvgIpc) is 2.79. The van der Waals surface area contributed by atoms with Crippen molar-refractivity contribution in [2.75, 3.05) is 26.7 Å². The van der Waals surface area contributed by atoms with Crippen molar-refractivity contribution in [3.05, 3.63) is 35.4 Å². The van der Waals surface area contributed by atoms with Gasteiger partial charge in [0.25, 0.3) is 0 Å². The summed E-state index contributed by atoms with van der Waals surface area (Å²) in [5.41, 5.74) is 3.01. The summed E-state index contributed by atoms with van der Waals surface area (Å²) in [6, 6.07) is 9.80. The minimum absolute atomic E-state index is 0.301. The van der Waals surface area contributed by atoms with Crippen LogP contribution in [0, 0.1) is 0 Å². The van der Waals surface area contributed by atoms with E-state index in [-0.39, 0.29) is 0 Å². The van der Waals surface area contributed by atoms with Gasteiger partial charge in [0.1, 0.15) is 0 Å². The molecular weight excluding hydrogens is 236 g/mol. The lowest BCUT2D eigenvalue weighted by atomic mass is 9.99. The van der Waals surface area contributed by atoms with Gasteiger partial charge < -0.3 is 5.11 Å². The van der Waals surface area contributed by atoms with E-state index >= 15 is 0 Å². The third-order valence-electron chi connectivity index (χ3n) is 4.87. The number of likely N-dealkylation sites (tertiary alicyclic amines) is 1. The van der Waals surface area contributed by atoms with E-state index in [1.165, 1.54) is 30.5 Å². The molecule has 1 saturated heterocycles. The largest absolute Gasteiger partial charge is 0.395 e. The van der Waals surface area contributed by atoms with E-state index in [9.17, 15) is 5.11 Å². The number of likely N-dealkylation sites (N-methyl/N-ethyl adjacent to an activating group) is 1. The predicted molar refractivity (Wildman–Crippen MR) is 77.1 cm³/mol. The van der Waals surface area contributed by atoms with Crippen molar-refractivity contribution in [1.82, 2.24) is 9.80 Å². The Hall–Kier alpha value is -0.900. The number of rotatable bonds is 3. The summed E-state index contributed by atoms with van der Waals surface area (Å²) in [5, 5.41) is 9.33. The summed E-state index contributed by atoms with van der Waals surface area (Å²) in [6.07, 6.45) is 3.54. The van der Waals surface area contributed by atoms with Crippen molar-refractivity contribution in [3.8, 4) is 0 Å². The maximum absolute atomic E-state index is 9.33. The SMILES string of the molecule is CN1[C@H](CO)CC[C@@H]1CN1CCc2ccccc2C1. The van der Waals surface area contributed by atoms with Crippen LogP contribution in [0.4, 0.5) is 0 Å². The smallest absolute Gasteiger partial charge is 0.0586 e. The summed E-state index contributed by atoms with van der Waals surface area (Å²) in [4.78, 5) is 4.95. The van der Waals surface area contributed by atoms with Gasteiger partial charge in [-0.3, -0.25) is 9.80 Å². The van der Waals surface area contributed by atoms with E-state index in [0.29, 0.717) is 18.7 Å². The molecule has 104 valence electrons. The Morgan fingerprint density at radius 1 is 1.16 bits per heavy atom. The molecular formula is C16H24N2O. The van der Waals surface area contributed by atoms with Crippen molar-refractivity contribution < 1.29 is 5.11 Å². The van der Waals surface area contributed by atoms with Crippen molar-refractivity contribution in [1.29, 1.82) is 0 Å². The highest BCUT2D eigenvalue weighted by Gasteiger charge is 2.31. The Balaban J connectivity index is 1.61. The topological polar surface area (TPSA) is 26.7 Å². The second-order valence-electron chi connectivity index (χ2n) is 5.99. The Kier molecular flexibility index (Phi) is 3.87. The van der Waals surface area contributed by atoms with E-state index in [1.807, 2.05) is 0 Å². The molecule has 19 heavy (non-hydrogen) atoms. The van der Waals surface area contributed by atoms with Gasteiger partial charge >= 0.3 is 0 Å². The van der Waals surface area contributed by atoms with Crippen LogP contribution in [0.15, 0.2) is 24.3 Å². The van der Waals surface area contributed by atoms with E-state index in [2.05, 4.69) is 41.1 Å². The molecule has 3 nitrogen and oxygen atoms in total. The Morgan fingerprint density at radius 2 is 1.89 bits per heavy atom. The van der Waals surface area contributed by atoms with Gasteiger partial charge in [-0.25, -0.2) is 0 Å². The van der Waals surface area contributed by atoms with Crippen LogP contribution in [0.3, 0.4) is 0 Å². The molecule has 1 aromatic rings. The van der Waals surface area contributed by atoms with E-state index in [1.54, 1.807) is 0 Å². The van der Waals surface area contributed by atoms with Crippen molar-refractivity contribution in [2.45, 2.75) is 37.9 Å². The molecule has 2 atom stereocenters. The number of aliphatic hydroxyl groups excluding tert-OH is 1. The van der Waals surface area contributed by atoms with E-state index in [4.69, 9.17) is 0 Å². The van der Waals surface area contributed by atoms with Gasteiger partial charge in [0.2, 0.25) is 0 Å². The van der Waals surface area contributed by atoms with Crippen LogP contribution in [-0.4, -0.2) is 53.7 Å². The zero-order valence-corrected chi connectivity index (χ0v) is 11.8. The lowest BCUT2D eigenvalue weighted by Crippen LogP contribution is -2.43. The second kappa shape index (κ2) is 5.61. The van der Waals surface area contributed by atoms with E-state index < -0.39 is 0 Å². The maximum Gasteiger partial charge on any atom is 0.0586 e. The minimum Gasteiger partial charge on any atom is -0.395 e. The van der Waals surface area contributed by atoms with Crippen molar-refractivity contribution in [3.63, 3.8) is 0 Å². The summed E-state index contributed by atoms with van der Waals surface area (Å²) in [6.45, 7) is 3.70. The molecule has 0 spiro atoms. The molecule has 2 aliphatic heterocycles. The predicted octanol–water partition coefficient (Wildman–Crippen LogP) is 1.50. The van der Waals surface area contributed by atoms with Crippen LogP contribution < -0.4 is 0 Å². The molecule has 0 radical (unpaired) electrons. The van der Waals surface area contributed by atoms with Crippen LogP contribution in [0.25, 0.3) is 0 Å². The molecule has 2 heterocycles. The zero-order chi connectivity index (χ0) is 13.2. The molecule has 1 aromatic carbocycles. The minimum atomic E-state index is 0.301. The van der Waals surface area contributed by atoms with Gasteiger partial charge in [0.05, 0.1) is 6.61 Å². The fourth-order valence-electron chi connectivity index (χ4n) is 3.54. The molecule has 0 unspecified atom stereocenters. The highest BCUT2D eigenvalue weighted by molar-refractivity contribution is 5.29. The first kappa shape index (κ1) is 13.1. The second-order valence-corrected chi connectivity index (χ2v) is 5.99. The third-order valence-corrected chi connectivity index (χ3v) is 4.87. The summed E-state index contributed by atoms with van der Waals surface area (Å²) >= 11 is 0. The van der Waals surface area contributed by atoms with Crippen molar-refractivity contribution >= 4 is 0 Å². The lowest BCUT2D eigenvalue weighted by molar-refractivity contribution is 0.125. The van der Waals surface area contributed by atoms with Gasteiger partial charge in [-0.2, -0.15) is 0 Å². The number of aliphatic hydroxyl groups is 1. The standard InChI is InChI=1S/C16H24N2O/c1-17-15(6-7-16(17)12-19)11-18-9-8-13-4-2-3-5-14(13)10-18/h2-5,15-16,19H,6-12H2,1H3/t15-,16+/m1/s1. The monoisotopic (exact) mass is 260 g/mol. The van der Waals surface area contributed by atoms with Gasteiger partial charge in [-0.15, -0.1) is 0 Å². The maximum atomic E-state index is 9.33. The van der Waals surface area contributed by atoms with Crippen LogP contribution in [0.5, 0.6) is 0 Å². The summed E-state index contributed by atoms with van der Waals surface area (Å²) in [5.74, 6) is 0.